The van der Waals surface area contributed by atoms with Crippen LogP contribution in [0, 0.1) is 34.8 Å². The topological polar surface area (TPSA) is 27.0 Å². The van der Waals surface area contributed by atoms with Crippen molar-refractivity contribution in [2.24, 2.45) is 11.8 Å². The average molecular weight is 451 g/mol. The van der Waals surface area contributed by atoms with Crippen molar-refractivity contribution in [3.63, 3.8) is 0 Å². The standard InChI is InChI=1S/C27H25ClF2N2/c1-17(2)26(21-11-24(29)13-25(30)12-21)22-15-32(16-22)27(19-6-8-23(28)9-7-19)20-5-3-4-18(10-20)14-31/h3-13,17,22,26-27H,15-16H2,1-2H3/t26-,27+/m1/s1. The van der Waals surface area contributed by atoms with Gasteiger partial charge >= 0.3 is 0 Å². The minimum Gasteiger partial charge on any atom is -0.292 e. The molecule has 0 spiro atoms. The summed E-state index contributed by atoms with van der Waals surface area (Å²) < 4.78 is 27.8. The summed E-state index contributed by atoms with van der Waals surface area (Å²) in [5.74, 6) is -0.472. The number of rotatable bonds is 6. The fourth-order valence-corrected chi connectivity index (χ4v) is 5.12. The summed E-state index contributed by atoms with van der Waals surface area (Å²) >= 11 is 6.11. The van der Waals surface area contributed by atoms with Crippen molar-refractivity contribution < 1.29 is 8.78 Å². The molecule has 1 heterocycles. The summed E-state index contributed by atoms with van der Waals surface area (Å²) in [7, 11) is 0. The first kappa shape index (κ1) is 22.5. The number of hydrogen-bond donors (Lipinski definition) is 0. The Bertz CT molecular complexity index is 1110. The maximum Gasteiger partial charge on any atom is 0.126 e. The van der Waals surface area contributed by atoms with Crippen LogP contribution >= 0.6 is 11.6 Å². The Kier molecular flexibility index (Phi) is 6.60. The predicted molar refractivity (Wildman–Crippen MR) is 123 cm³/mol. The molecule has 1 aliphatic heterocycles. The van der Waals surface area contributed by atoms with Gasteiger partial charge in [-0.1, -0.05) is 49.7 Å². The minimum absolute atomic E-state index is 0.0196. The summed E-state index contributed by atoms with van der Waals surface area (Å²) in [6.45, 7) is 5.79. The van der Waals surface area contributed by atoms with E-state index in [9.17, 15) is 14.0 Å². The third kappa shape index (κ3) is 4.70. The summed E-state index contributed by atoms with van der Waals surface area (Å²) in [5.41, 5.74) is 3.48. The van der Waals surface area contributed by atoms with Crippen molar-refractivity contribution in [1.29, 1.82) is 5.26 Å². The predicted octanol–water partition coefficient (Wildman–Crippen LogP) is 6.95. The van der Waals surface area contributed by atoms with E-state index >= 15 is 0 Å². The van der Waals surface area contributed by atoms with Crippen molar-refractivity contribution in [3.8, 4) is 6.07 Å². The highest BCUT2D eigenvalue weighted by Gasteiger charge is 2.40. The zero-order valence-electron chi connectivity index (χ0n) is 18.1. The zero-order valence-corrected chi connectivity index (χ0v) is 18.9. The molecule has 32 heavy (non-hydrogen) atoms. The molecular formula is C27H25ClF2N2. The summed E-state index contributed by atoms with van der Waals surface area (Å²) in [5, 5.41) is 10.0. The van der Waals surface area contributed by atoms with Crippen LogP contribution in [-0.4, -0.2) is 18.0 Å². The second kappa shape index (κ2) is 9.40. The molecule has 164 valence electrons. The Morgan fingerprint density at radius 3 is 2.16 bits per heavy atom. The van der Waals surface area contributed by atoms with E-state index in [4.69, 9.17) is 11.6 Å². The van der Waals surface area contributed by atoms with Crippen LogP contribution in [0.25, 0.3) is 0 Å². The summed E-state index contributed by atoms with van der Waals surface area (Å²) in [6, 6.07) is 21.5. The number of nitriles is 1. The Balaban J connectivity index is 1.63. The van der Waals surface area contributed by atoms with Gasteiger partial charge in [-0.05, 0) is 70.8 Å². The molecule has 0 saturated carbocycles. The molecule has 0 amide bonds. The third-order valence-electron chi connectivity index (χ3n) is 6.32. The van der Waals surface area contributed by atoms with Crippen molar-refractivity contribution in [3.05, 3.63) is 106 Å². The van der Waals surface area contributed by atoms with Gasteiger partial charge in [0.2, 0.25) is 0 Å². The Morgan fingerprint density at radius 2 is 1.56 bits per heavy atom. The van der Waals surface area contributed by atoms with Crippen LogP contribution in [0.4, 0.5) is 8.78 Å². The maximum absolute atomic E-state index is 13.9. The molecular weight excluding hydrogens is 426 g/mol. The van der Waals surface area contributed by atoms with Crippen LogP contribution in [0.3, 0.4) is 0 Å². The molecule has 0 aromatic heterocycles. The van der Waals surface area contributed by atoms with Crippen molar-refractivity contribution in [2.45, 2.75) is 25.8 Å². The molecule has 1 aliphatic rings. The van der Waals surface area contributed by atoms with Gasteiger partial charge in [-0.3, -0.25) is 4.90 Å². The van der Waals surface area contributed by atoms with Gasteiger partial charge in [0.15, 0.2) is 0 Å². The van der Waals surface area contributed by atoms with E-state index in [0.29, 0.717) is 10.6 Å². The quantitative estimate of drug-likeness (QED) is 0.406. The molecule has 1 saturated heterocycles. The lowest BCUT2D eigenvalue weighted by molar-refractivity contribution is 0.0411. The molecule has 4 rings (SSSR count). The van der Waals surface area contributed by atoms with E-state index in [0.717, 1.165) is 35.8 Å². The lowest BCUT2D eigenvalue weighted by Crippen LogP contribution is -2.51. The van der Waals surface area contributed by atoms with Crippen molar-refractivity contribution in [1.82, 2.24) is 4.90 Å². The maximum atomic E-state index is 13.9. The highest BCUT2D eigenvalue weighted by molar-refractivity contribution is 6.30. The Morgan fingerprint density at radius 1 is 0.906 bits per heavy atom. The molecule has 0 radical (unpaired) electrons. The van der Waals surface area contributed by atoms with Gasteiger partial charge in [0.05, 0.1) is 17.7 Å². The van der Waals surface area contributed by atoms with E-state index < -0.39 is 11.6 Å². The van der Waals surface area contributed by atoms with Gasteiger partial charge in [0.1, 0.15) is 11.6 Å². The van der Waals surface area contributed by atoms with E-state index in [1.54, 1.807) is 6.07 Å². The molecule has 0 N–H and O–H groups in total. The van der Waals surface area contributed by atoms with Gasteiger partial charge in [-0.25, -0.2) is 8.78 Å². The van der Waals surface area contributed by atoms with Crippen LogP contribution in [0.15, 0.2) is 66.7 Å². The largest absolute Gasteiger partial charge is 0.292 e. The van der Waals surface area contributed by atoms with Gasteiger partial charge in [0.25, 0.3) is 0 Å². The van der Waals surface area contributed by atoms with E-state index in [1.807, 2.05) is 42.5 Å². The number of likely N-dealkylation sites (tertiary alicyclic amines) is 1. The molecule has 5 heteroatoms. The lowest BCUT2D eigenvalue weighted by atomic mass is 9.73. The zero-order chi connectivity index (χ0) is 22.8. The summed E-state index contributed by atoms with van der Waals surface area (Å²) in [4.78, 5) is 2.36. The second-order valence-electron chi connectivity index (χ2n) is 8.88. The molecule has 2 nitrogen and oxygen atoms in total. The van der Waals surface area contributed by atoms with Crippen LogP contribution < -0.4 is 0 Å². The van der Waals surface area contributed by atoms with Gasteiger partial charge < -0.3 is 0 Å². The highest BCUT2D eigenvalue weighted by atomic mass is 35.5. The lowest BCUT2D eigenvalue weighted by Gasteiger charge is -2.49. The molecule has 0 unspecified atom stereocenters. The first-order valence-corrected chi connectivity index (χ1v) is 11.2. The number of halogens is 3. The number of nitrogens with zero attached hydrogens (tertiary/aromatic N) is 2. The van der Waals surface area contributed by atoms with Crippen LogP contribution in [-0.2, 0) is 0 Å². The van der Waals surface area contributed by atoms with Crippen molar-refractivity contribution >= 4 is 11.6 Å². The first-order chi connectivity index (χ1) is 15.4. The van der Waals surface area contributed by atoms with Gasteiger partial charge in [0, 0.05) is 24.2 Å². The molecule has 3 aromatic carbocycles. The summed E-state index contributed by atoms with van der Waals surface area (Å²) in [6.07, 6.45) is 0. The molecule has 3 aromatic rings. The molecule has 0 bridgehead atoms. The Labute approximate surface area is 193 Å². The van der Waals surface area contributed by atoms with Crippen LogP contribution in [0.1, 0.15) is 48.1 Å². The Hall–Kier alpha value is -2.74. The first-order valence-electron chi connectivity index (χ1n) is 10.8. The van der Waals surface area contributed by atoms with Crippen LogP contribution in [0.5, 0.6) is 0 Å². The average Bonchev–Trinajstić information content (AvgIpc) is 2.72. The SMILES string of the molecule is CC(C)[C@H](c1cc(F)cc(F)c1)C1CN([C@@H](c2ccc(Cl)cc2)c2cccc(C#N)c2)C1. The van der Waals surface area contributed by atoms with Gasteiger partial charge in [-0.2, -0.15) is 5.26 Å². The molecule has 0 aliphatic carbocycles. The minimum atomic E-state index is -0.533. The van der Waals surface area contributed by atoms with Crippen molar-refractivity contribution in [2.75, 3.05) is 13.1 Å². The fraction of sp³-hybridized carbons (Fsp3) is 0.296. The van der Waals surface area contributed by atoms with E-state index in [1.165, 1.54) is 12.1 Å². The van der Waals surface area contributed by atoms with Crippen LogP contribution in [0.2, 0.25) is 5.02 Å². The van der Waals surface area contributed by atoms with E-state index in [-0.39, 0.29) is 23.8 Å². The smallest absolute Gasteiger partial charge is 0.126 e. The normalized spacial score (nSPS) is 16.4. The van der Waals surface area contributed by atoms with Gasteiger partial charge in [-0.15, -0.1) is 0 Å². The molecule has 2 atom stereocenters. The molecule has 1 fully saturated rings. The monoisotopic (exact) mass is 450 g/mol. The third-order valence-corrected chi connectivity index (χ3v) is 6.57. The fourth-order valence-electron chi connectivity index (χ4n) is 4.99. The second-order valence-corrected chi connectivity index (χ2v) is 9.31. The van der Waals surface area contributed by atoms with E-state index in [2.05, 4.69) is 24.8 Å². The number of benzene rings is 3. The highest BCUT2D eigenvalue weighted by Crippen LogP contribution is 2.43. The number of hydrogen-bond acceptors (Lipinski definition) is 2.